The normalized spacial score (nSPS) is 13.6. The molecular formula is C12H16O4. The molecule has 1 aliphatic rings. The van der Waals surface area contributed by atoms with E-state index in [1.165, 1.54) is 5.57 Å². The van der Waals surface area contributed by atoms with Gasteiger partial charge in [-0.25, -0.2) is 0 Å². The van der Waals surface area contributed by atoms with Crippen molar-refractivity contribution < 1.29 is 19.4 Å². The van der Waals surface area contributed by atoms with Crippen molar-refractivity contribution in [1.82, 2.24) is 0 Å². The average molecular weight is 224 g/mol. The lowest BCUT2D eigenvalue weighted by atomic mass is 10.1. The van der Waals surface area contributed by atoms with Gasteiger partial charge in [0, 0.05) is 0 Å². The molecule has 0 aliphatic heterocycles. The Morgan fingerprint density at radius 1 is 1.38 bits per heavy atom. The summed E-state index contributed by atoms with van der Waals surface area (Å²) in [6, 6.07) is 0. The molecule has 88 valence electrons. The van der Waals surface area contributed by atoms with Crippen LogP contribution in [-0.4, -0.2) is 23.7 Å². The third kappa shape index (κ3) is 5.34. The van der Waals surface area contributed by atoms with Gasteiger partial charge in [0.25, 0.3) is 0 Å². The van der Waals surface area contributed by atoms with E-state index in [0.717, 1.165) is 19.3 Å². The smallest absolute Gasteiger partial charge is 0.306 e. The van der Waals surface area contributed by atoms with Gasteiger partial charge < -0.3 is 9.84 Å². The fourth-order valence-corrected chi connectivity index (χ4v) is 1.44. The zero-order valence-corrected chi connectivity index (χ0v) is 9.15. The van der Waals surface area contributed by atoms with E-state index in [1.807, 2.05) is 6.08 Å². The molecule has 4 nitrogen and oxygen atoms in total. The number of hydrogen-bond donors (Lipinski definition) is 1. The molecule has 0 fully saturated rings. The second-order valence-corrected chi connectivity index (χ2v) is 3.67. The number of hydrogen-bond acceptors (Lipinski definition) is 3. The number of rotatable bonds is 7. The first-order valence-corrected chi connectivity index (χ1v) is 5.40. The van der Waals surface area contributed by atoms with E-state index >= 15 is 0 Å². The molecule has 0 atom stereocenters. The summed E-state index contributed by atoms with van der Waals surface area (Å²) in [6.07, 6.45) is 8.71. The molecule has 0 aromatic rings. The lowest BCUT2D eigenvalue weighted by Gasteiger charge is -2.04. The number of carbonyl (C=O) groups is 2. The molecule has 0 bridgehead atoms. The molecule has 1 N–H and O–H groups in total. The SMILES string of the molecule is O=C(O)CCC(=O)OCCCC1=CC=CC1. The highest BCUT2D eigenvalue weighted by Gasteiger charge is 2.06. The van der Waals surface area contributed by atoms with Gasteiger partial charge in [-0.3, -0.25) is 9.59 Å². The van der Waals surface area contributed by atoms with Gasteiger partial charge in [0.15, 0.2) is 0 Å². The van der Waals surface area contributed by atoms with Gasteiger partial charge in [0.05, 0.1) is 19.4 Å². The van der Waals surface area contributed by atoms with Crippen LogP contribution in [0.25, 0.3) is 0 Å². The first kappa shape index (κ1) is 12.5. The molecule has 1 rings (SSSR count). The van der Waals surface area contributed by atoms with Crippen LogP contribution in [0, 0.1) is 0 Å². The molecule has 0 radical (unpaired) electrons. The number of allylic oxidation sites excluding steroid dienone is 4. The molecular weight excluding hydrogens is 208 g/mol. The van der Waals surface area contributed by atoms with Crippen LogP contribution in [0.2, 0.25) is 0 Å². The van der Waals surface area contributed by atoms with Crippen molar-refractivity contribution in [2.24, 2.45) is 0 Å². The van der Waals surface area contributed by atoms with E-state index in [4.69, 9.17) is 9.84 Å². The van der Waals surface area contributed by atoms with Gasteiger partial charge in [-0.15, -0.1) is 0 Å². The van der Waals surface area contributed by atoms with Crippen molar-refractivity contribution in [2.75, 3.05) is 6.61 Å². The van der Waals surface area contributed by atoms with Crippen LogP contribution < -0.4 is 0 Å². The Morgan fingerprint density at radius 2 is 2.19 bits per heavy atom. The van der Waals surface area contributed by atoms with Crippen LogP contribution in [0.15, 0.2) is 23.8 Å². The van der Waals surface area contributed by atoms with Crippen molar-refractivity contribution in [3.05, 3.63) is 23.8 Å². The van der Waals surface area contributed by atoms with Crippen LogP contribution in [0.1, 0.15) is 32.1 Å². The maximum absolute atomic E-state index is 11.0. The summed E-state index contributed by atoms with van der Waals surface area (Å²) in [7, 11) is 0. The molecule has 0 aromatic heterocycles. The first-order valence-electron chi connectivity index (χ1n) is 5.40. The summed E-state index contributed by atoms with van der Waals surface area (Å²) in [5.41, 5.74) is 1.35. The van der Waals surface area contributed by atoms with Crippen molar-refractivity contribution in [1.29, 1.82) is 0 Å². The molecule has 16 heavy (non-hydrogen) atoms. The molecule has 4 heteroatoms. The van der Waals surface area contributed by atoms with Crippen molar-refractivity contribution in [3.8, 4) is 0 Å². The Balaban J connectivity index is 1.98. The third-order valence-corrected chi connectivity index (χ3v) is 2.30. The highest BCUT2D eigenvalue weighted by molar-refractivity contribution is 5.76. The maximum Gasteiger partial charge on any atom is 0.306 e. The Morgan fingerprint density at radius 3 is 2.81 bits per heavy atom. The Kier molecular flexibility index (Phi) is 5.32. The summed E-state index contributed by atoms with van der Waals surface area (Å²) in [5, 5.41) is 8.36. The first-order chi connectivity index (χ1) is 7.68. The van der Waals surface area contributed by atoms with E-state index < -0.39 is 11.9 Å². The highest BCUT2D eigenvalue weighted by atomic mass is 16.5. The van der Waals surface area contributed by atoms with E-state index in [-0.39, 0.29) is 12.8 Å². The molecule has 0 saturated heterocycles. The third-order valence-electron chi connectivity index (χ3n) is 2.30. The average Bonchev–Trinajstić information content (AvgIpc) is 2.74. The van der Waals surface area contributed by atoms with E-state index in [9.17, 15) is 9.59 Å². The zero-order valence-electron chi connectivity index (χ0n) is 9.15. The molecule has 0 spiro atoms. The minimum Gasteiger partial charge on any atom is -0.481 e. The van der Waals surface area contributed by atoms with Crippen LogP contribution >= 0.6 is 0 Å². The topological polar surface area (TPSA) is 63.6 Å². The molecule has 0 unspecified atom stereocenters. The second-order valence-electron chi connectivity index (χ2n) is 3.67. The molecule has 0 heterocycles. The number of ether oxygens (including phenoxy) is 1. The fourth-order valence-electron chi connectivity index (χ4n) is 1.44. The minimum absolute atomic E-state index is 0.0421. The monoisotopic (exact) mass is 224 g/mol. The fraction of sp³-hybridized carbons (Fsp3) is 0.500. The summed E-state index contributed by atoms with van der Waals surface area (Å²) < 4.78 is 4.90. The van der Waals surface area contributed by atoms with Gasteiger partial charge in [-0.2, -0.15) is 0 Å². The Hall–Kier alpha value is -1.58. The second kappa shape index (κ2) is 6.82. The lowest BCUT2D eigenvalue weighted by Crippen LogP contribution is -2.08. The summed E-state index contributed by atoms with van der Waals surface area (Å²) >= 11 is 0. The lowest BCUT2D eigenvalue weighted by molar-refractivity contribution is -0.147. The Bertz CT molecular complexity index is 315. The van der Waals surface area contributed by atoms with Gasteiger partial charge in [-0.1, -0.05) is 23.8 Å². The van der Waals surface area contributed by atoms with Crippen LogP contribution in [-0.2, 0) is 14.3 Å². The predicted molar refractivity (Wildman–Crippen MR) is 58.9 cm³/mol. The quantitative estimate of drug-likeness (QED) is 0.531. The number of esters is 1. The van der Waals surface area contributed by atoms with Crippen molar-refractivity contribution in [2.45, 2.75) is 32.1 Å². The molecule has 0 amide bonds. The summed E-state index contributed by atoms with van der Waals surface area (Å²) in [5.74, 6) is -1.40. The van der Waals surface area contributed by atoms with Gasteiger partial charge in [-0.05, 0) is 19.3 Å². The number of aliphatic carboxylic acids is 1. The van der Waals surface area contributed by atoms with Gasteiger partial charge in [0.2, 0.25) is 0 Å². The summed E-state index contributed by atoms with van der Waals surface area (Å²) in [6.45, 7) is 0.371. The van der Waals surface area contributed by atoms with Crippen LogP contribution in [0.3, 0.4) is 0 Å². The number of carbonyl (C=O) groups excluding carboxylic acids is 1. The molecule has 1 aliphatic carbocycles. The summed E-state index contributed by atoms with van der Waals surface area (Å²) in [4.78, 5) is 21.2. The van der Waals surface area contributed by atoms with Crippen molar-refractivity contribution >= 4 is 11.9 Å². The Labute approximate surface area is 94.6 Å². The van der Waals surface area contributed by atoms with Gasteiger partial charge >= 0.3 is 11.9 Å². The molecule has 0 saturated carbocycles. The van der Waals surface area contributed by atoms with Crippen LogP contribution in [0.4, 0.5) is 0 Å². The molecule has 0 aromatic carbocycles. The van der Waals surface area contributed by atoms with E-state index in [1.54, 1.807) is 0 Å². The maximum atomic E-state index is 11.0. The predicted octanol–water partition coefficient (Wildman–Crippen LogP) is 2.06. The zero-order chi connectivity index (χ0) is 11.8. The largest absolute Gasteiger partial charge is 0.481 e. The van der Waals surface area contributed by atoms with Crippen LogP contribution in [0.5, 0.6) is 0 Å². The van der Waals surface area contributed by atoms with E-state index in [2.05, 4.69) is 12.2 Å². The number of carboxylic acid groups (broad SMARTS) is 1. The highest BCUT2D eigenvalue weighted by Crippen LogP contribution is 2.15. The number of carboxylic acids is 1. The van der Waals surface area contributed by atoms with Gasteiger partial charge in [0.1, 0.15) is 0 Å². The van der Waals surface area contributed by atoms with Crippen molar-refractivity contribution in [3.63, 3.8) is 0 Å². The van der Waals surface area contributed by atoms with E-state index in [0.29, 0.717) is 6.61 Å². The standard InChI is InChI=1S/C12H16O4/c13-11(14)7-8-12(15)16-9-3-6-10-4-1-2-5-10/h1-2,4H,3,5-9H2,(H,13,14). The minimum atomic E-state index is -0.973.